The van der Waals surface area contributed by atoms with E-state index in [1.807, 2.05) is 13.8 Å². The Balaban J connectivity index is 2.11. The summed E-state index contributed by atoms with van der Waals surface area (Å²) in [6.07, 6.45) is 3.23. The zero-order valence-electron chi connectivity index (χ0n) is 27.0. The number of fused-ring (bicyclic) bond motifs is 10. The van der Waals surface area contributed by atoms with E-state index in [9.17, 15) is 38.9 Å². The van der Waals surface area contributed by atoms with Crippen molar-refractivity contribution in [2.24, 2.45) is 0 Å². The lowest BCUT2D eigenvalue weighted by Crippen LogP contribution is -2.05. The number of aromatic amines is 2. The first-order valence-corrected chi connectivity index (χ1v) is 20.0. The molecule has 258 valence electrons. The van der Waals surface area contributed by atoms with Gasteiger partial charge >= 0.3 is 0 Å². The van der Waals surface area contributed by atoms with Crippen LogP contribution >= 0.6 is 0 Å². The minimum atomic E-state index is -4.99. The Morgan fingerprint density at radius 3 is 1.58 bits per heavy atom. The predicted molar refractivity (Wildman–Crippen MR) is 185 cm³/mol. The average molecular weight is 719 g/mol. The largest absolute Gasteiger partial charge is 0.353 e. The number of nitrogens with one attached hydrogen (secondary N) is 2. The van der Waals surface area contributed by atoms with Crippen molar-refractivity contribution in [3.8, 4) is 0 Å². The zero-order valence-corrected chi connectivity index (χ0v) is 29.4. The van der Waals surface area contributed by atoms with Gasteiger partial charge in [-0.2, -0.15) is 25.3 Å². The molecule has 0 saturated carbocycles. The number of hydrogen-bond donors (Lipinski definition) is 5. The summed E-state index contributed by atoms with van der Waals surface area (Å²) in [5.41, 5.74) is 2.06. The van der Waals surface area contributed by atoms with Gasteiger partial charge in [0.15, 0.2) is 0 Å². The molecule has 13 nitrogen and oxygen atoms in total. The van der Waals surface area contributed by atoms with Gasteiger partial charge in [0.25, 0.3) is 30.4 Å². The molecule has 16 heteroatoms. The molecule has 5 rings (SSSR count). The van der Waals surface area contributed by atoms with Crippen molar-refractivity contribution < 1.29 is 38.9 Å². The van der Waals surface area contributed by atoms with Gasteiger partial charge in [0.1, 0.15) is 26.1 Å². The normalized spacial score (nSPS) is 14.3. The molecule has 0 unspecified atom stereocenters. The quantitative estimate of drug-likeness (QED) is 0.133. The Bertz CT molecular complexity index is 2370. The van der Waals surface area contributed by atoms with E-state index in [0.717, 1.165) is 12.0 Å². The summed E-state index contributed by atoms with van der Waals surface area (Å²) >= 11 is 0. The summed E-state index contributed by atoms with van der Waals surface area (Å²) in [5, 5.41) is 0. The molecule has 0 fully saturated rings. The summed E-state index contributed by atoms with van der Waals surface area (Å²) in [5.74, 6) is 0. The fourth-order valence-corrected chi connectivity index (χ4v) is 9.14. The van der Waals surface area contributed by atoms with Crippen LogP contribution in [0.5, 0.6) is 0 Å². The number of aromatic nitrogens is 4. The zero-order chi connectivity index (χ0) is 35.2. The van der Waals surface area contributed by atoms with Gasteiger partial charge in [-0.15, -0.1) is 0 Å². The summed E-state index contributed by atoms with van der Waals surface area (Å²) in [7, 11) is -14.7. The molecule has 2 aliphatic rings. The van der Waals surface area contributed by atoms with E-state index in [2.05, 4.69) is 19.9 Å². The first-order chi connectivity index (χ1) is 22.5. The molecule has 0 aromatic carbocycles. The smallest absolute Gasteiger partial charge is 0.297 e. The first kappa shape index (κ1) is 35.6. The van der Waals surface area contributed by atoms with Crippen molar-refractivity contribution in [2.75, 3.05) is 0 Å². The molecule has 0 spiro atoms. The molecular weight excluding hydrogens is 681 g/mol. The van der Waals surface area contributed by atoms with Crippen LogP contribution in [0.2, 0.25) is 0 Å². The highest BCUT2D eigenvalue weighted by Gasteiger charge is 2.34. The maximum Gasteiger partial charge on any atom is 0.297 e. The molecule has 3 aromatic rings. The third-order valence-electron chi connectivity index (χ3n) is 8.18. The second kappa shape index (κ2) is 13.3. The number of allylic oxidation sites excluding steroid dienone is 2. The van der Waals surface area contributed by atoms with Crippen molar-refractivity contribution >= 4 is 73.4 Å². The van der Waals surface area contributed by atoms with E-state index >= 15 is 0 Å². The van der Waals surface area contributed by atoms with Crippen LogP contribution < -0.4 is 0 Å². The van der Waals surface area contributed by atoms with E-state index in [1.54, 1.807) is 26.0 Å². The maximum absolute atomic E-state index is 13.0. The van der Waals surface area contributed by atoms with Gasteiger partial charge < -0.3 is 9.97 Å². The summed E-state index contributed by atoms with van der Waals surface area (Å²) in [6.45, 7) is 7.40. The molecule has 0 amide bonds. The number of rotatable bonds is 11. The van der Waals surface area contributed by atoms with Crippen LogP contribution in [0.4, 0.5) is 0 Å². The highest BCUT2D eigenvalue weighted by atomic mass is 32.2. The third kappa shape index (κ3) is 6.64. The van der Waals surface area contributed by atoms with E-state index in [-0.39, 0.29) is 74.7 Å². The first-order valence-electron chi connectivity index (χ1n) is 15.7. The van der Waals surface area contributed by atoms with Gasteiger partial charge in [-0.3, -0.25) is 13.7 Å². The van der Waals surface area contributed by atoms with Crippen LogP contribution in [0.1, 0.15) is 100 Å². The molecule has 3 aromatic heterocycles. The standard InChI is InChI=1S/C32H38N4O9S3/c1-5-9-18-17-26-27-30(46(37,38)39)19(10-6-2)23(34-27)15-16-25-21(12-8-4)32(48(43,44)45)29(36-25)28-31(47(40,41)42)20(11-7-3)24(35-28)14-13-22(18)33-26/h13-17,33,36H,5-12H2,1-4H3,(H,37,38,39)(H,40,41,42)(H,43,44,45). The highest BCUT2D eigenvalue weighted by Crippen LogP contribution is 2.42. The molecule has 8 bridgehead atoms. The molecule has 5 heterocycles. The average Bonchev–Trinajstić information content (AvgIpc) is 3.73. The Morgan fingerprint density at radius 1 is 0.583 bits per heavy atom. The van der Waals surface area contributed by atoms with E-state index in [0.29, 0.717) is 36.7 Å². The van der Waals surface area contributed by atoms with Crippen molar-refractivity contribution in [3.05, 3.63) is 64.2 Å². The monoisotopic (exact) mass is 718 g/mol. The van der Waals surface area contributed by atoms with Crippen LogP contribution in [-0.2, 0) is 43.2 Å². The lowest BCUT2D eigenvalue weighted by Gasteiger charge is -2.05. The van der Waals surface area contributed by atoms with Gasteiger partial charge in [0.2, 0.25) is 0 Å². The molecule has 0 saturated heterocycles. The Labute approximate surface area is 279 Å². The second-order valence-electron chi connectivity index (χ2n) is 11.7. The molecule has 0 aliphatic carbocycles. The Hall–Kier alpha value is -3.67. The number of hydrogen-bond acceptors (Lipinski definition) is 8. The fourth-order valence-electron chi connectivity index (χ4n) is 6.38. The van der Waals surface area contributed by atoms with Crippen LogP contribution in [0.15, 0.2) is 35.2 Å². The van der Waals surface area contributed by atoms with Crippen LogP contribution in [0.3, 0.4) is 0 Å². The van der Waals surface area contributed by atoms with E-state index in [4.69, 9.17) is 0 Å². The van der Waals surface area contributed by atoms with Crippen molar-refractivity contribution in [1.82, 2.24) is 19.9 Å². The number of H-pyrrole nitrogens is 2. The van der Waals surface area contributed by atoms with E-state index in [1.165, 1.54) is 18.2 Å². The third-order valence-corrected chi connectivity index (χ3v) is 11.1. The van der Waals surface area contributed by atoms with Crippen LogP contribution in [0.25, 0.3) is 43.0 Å². The van der Waals surface area contributed by atoms with Crippen LogP contribution in [-0.4, -0.2) is 58.8 Å². The fraction of sp³-hybridized carbons (Fsp3) is 0.375. The molecule has 0 radical (unpaired) electrons. The summed E-state index contributed by atoms with van der Waals surface area (Å²) in [6, 6.07) is 7.86. The number of aryl methyl sites for hydroxylation is 2. The minimum Gasteiger partial charge on any atom is -0.353 e. The predicted octanol–water partition coefficient (Wildman–Crippen LogP) is 6.58. The van der Waals surface area contributed by atoms with E-state index < -0.39 is 40.2 Å². The Morgan fingerprint density at radius 2 is 1.08 bits per heavy atom. The highest BCUT2D eigenvalue weighted by molar-refractivity contribution is 7.96. The van der Waals surface area contributed by atoms with Crippen molar-refractivity contribution in [2.45, 2.75) is 84.0 Å². The van der Waals surface area contributed by atoms with Gasteiger partial charge in [-0.25, -0.2) is 9.97 Å². The van der Waals surface area contributed by atoms with Gasteiger partial charge in [0, 0.05) is 22.2 Å². The Kier molecular flexibility index (Phi) is 9.89. The molecule has 2 aliphatic heterocycles. The van der Waals surface area contributed by atoms with Crippen molar-refractivity contribution in [3.63, 3.8) is 0 Å². The summed E-state index contributed by atoms with van der Waals surface area (Å²) in [4.78, 5) is 13.9. The molecule has 0 atom stereocenters. The topological polar surface area (TPSA) is 220 Å². The van der Waals surface area contributed by atoms with Gasteiger partial charge in [-0.1, -0.05) is 53.4 Å². The van der Waals surface area contributed by atoms with Crippen molar-refractivity contribution in [1.29, 1.82) is 0 Å². The number of nitrogens with zero attached hydrogens (tertiary/aromatic N) is 2. The van der Waals surface area contributed by atoms with Gasteiger partial charge in [0.05, 0.1) is 22.4 Å². The molecular formula is C32H38N4O9S3. The van der Waals surface area contributed by atoms with Crippen LogP contribution in [0, 0.1) is 0 Å². The lowest BCUT2D eigenvalue weighted by molar-refractivity contribution is 0.482. The van der Waals surface area contributed by atoms with Gasteiger partial charge in [-0.05, 0) is 67.1 Å². The molecule has 48 heavy (non-hydrogen) atoms. The lowest BCUT2D eigenvalue weighted by atomic mass is 10.1. The molecule has 5 N–H and O–H groups in total. The minimum absolute atomic E-state index is 0.0123. The SMILES string of the molecule is CCCC1=C(S(=O)(=O)O)c2nc1ccc1[nH]c(c3nc(ccc4[nH]c2cc4CCC)C(CCC)=C3S(=O)(=O)O)c(S(=O)(=O)O)c1CCC. The summed E-state index contributed by atoms with van der Waals surface area (Å²) < 4.78 is 109. The second-order valence-corrected chi connectivity index (χ2v) is 15.8. The maximum atomic E-state index is 13.0.